The molecule has 0 saturated carbocycles. The van der Waals surface area contributed by atoms with Crippen LogP contribution in [0.15, 0.2) is 34.8 Å². The van der Waals surface area contributed by atoms with Gasteiger partial charge in [0.15, 0.2) is 0 Å². The average molecular weight is 351 g/mol. The predicted molar refractivity (Wildman–Crippen MR) is 87.0 cm³/mol. The number of halogens is 1. The van der Waals surface area contributed by atoms with Crippen LogP contribution in [0.25, 0.3) is 0 Å². The van der Waals surface area contributed by atoms with E-state index in [9.17, 15) is 0 Å². The maximum absolute atomic E-state index is 5.87. The van der Waals surface area contributed by atoms with Crippen LogP contribution in [-0.4, -0.2) is 12.1 Å². The summed E-state index contributed by atoms with van der Waals surface area (Å²) in [5, 5.41) is 0. The fourth-order valence-electron chi connectivity index (χ4n) is 1.85. The number of aromatic nitrogens is 1. The van der Waals surface area contributed by atoms with E-state index in [-0.39, 0.29) is 0 Å². The average Bonchev–Trinajstić information content (AvgIpc) is 2.48. The van der Waals surface area contributed by atoms with Crippen LogP contribution in [0.4, 0.5) is 0 Å². The molecule has 0 atom stereocenters. The van der Waals surface area contributed by atoms with Crippen molar-refractivity contribution >= 4 is 15.9 Å². The second kappa shape index (κ2) is 6.91. The van der Waals surface area contributed by atoms with Crippen molar-refractivity contribution in [1.82, 2.24) is 4.98 Å². The van der Waals surface area contributed by atoms with Crippen molar-refractivity contribution in [2.75, 3.05) is 7.11 Å². The fourth-order valence-corrected chi connectivity index (χ4v) is 2.29. The zero-order valence-corrected chi connectivity index (χ0v) is 14.0. The maximum Gasteiger partial charge on any atom is 0.219 e. The first kappa shape index (κ1) is 15.8. The molecule has 112 valence electrons. The Balaban J connectivity index is 2.32. The van der Waals surface area contributed by atoms with Gasteiger partial charge in [-0.2, -0.15) is 0 Å². The largest absolute Gasteiger partial charge is 0.497 e. The molecule has 2 aromatic rings. The van der Waals surface area contributed by atoms with Crippen molar-refractivity contribution < 1.29 is 9.47 Å². The van der Waals surface area contributed by atoms with Gasteiger partial charge in [-0.15, -0.1) is 0 Å². The van der Waals surface area contributed by atoms with E-state index in [0.29, 0.717) is 24.1 Å². The van der Waals surface area contributed by atoms with Gasteiger partial charge in [0.2, 0.25) is 5.88 Å². The number of pyridine rings is 1. The molecule has 0 fully saturated rings. The van der Waals surface area contributed by atoms with Crippen molar-refractivity contribution in [3.05, 3.63) is 46.1 Å². The number of nitrogens with two attached hydrogens (primary N) is 1. The number of ether oxygens (including phenoxy) is 2. The molecule has 1 heterocycles. The molecule has 0 spiro atoms. The van der Waals surface area contributed by atoms with Gasteiger partial charge in [0.25, 0.3) is 0 Å². The molecule has 0 saturated heterocycles. The van der Waals surface area contributed by atoms with Crippen molar-refractivity contribution in [3.8, 4) is 17.4 Å². The van der Waals surface area contributed by atoms with E-state index < -0.39 is 0 Å². The van der Waals surface area contributed by atoms with Crippen molar-refractivity contribution in [2.24, 2.45) is 5.73 Å². The molecule has 0 aliphatic heterocycles. The van der Waals surface area contributed by atoms with Crippen LogP contribution in [0.1, 0.15) is 31.0 Å². The Bertz CT molecular complexity index is 630. The lowest BCUT2D eigenvalue weighted by Crippen LogP contribution is -2.02. The van der Waals surface area contributed by atoms with E-state index in [1.165, 1.54) is 0 Å². The summed E-state index contributed by atoms with van der Waals surface area (Å²) in [7, 11) is 1.63. The highest BCUT2D eigenvalue weighted by molar-refractivity contribution is 9.10. The molecule has 2 N–H and O–H groups in total. The lowest BCUT2D eigenvalue weighted by Gasteiger charge is -2.12. The van der Waals surface area contributed by atoms with E-state index in [1.807, 2.05) is 30.3 Å². The number of nitrogens with zero attached hydrogens (tertiary/aromatic N) is 1. The van der Waals surface area contributed by atoms with Crippen molar-refractivity contribution in [1.29, 1.82) is 0 Å². The molecule has 5 heteroatoms. The molecule has 0 bridgehead atoms. The highest BCUT2D eigenvalue weighted by atomic mass is 79.9. The summed E-state index contributed by atoms with van der Waals surface area (Å²) in [5.41, 5.74) is 7.72. The molecule has 0 amide bonds. The summed E-state index contributed by atoms with van der Waals surface area (Å²) in [5.74, 6) is 2.32. The molecule has 21 heavy (non-hydrogen) atoms. The third-order valence-corrected chi connectivity index (χ3v) is 3.68. The third kappa shape index (κ3) is 3.95. The van der Waals surface area contributed by atoms with E-state index in [2.05, 4.69) is 34.8 Å². The molecule has 1 aromatic heterocycles. The summed E-state index contributed by atoms with van der Waals surface area (Å²) in [6.07, 6.45) is 0. The Kier molecular flexibility index (Phi) is 5.20. The van der Waals surface area contributed by atoms with Gasteiger partial charge in [-0.1, -0.05) is 13.8 Å². The number of methoxy groups -OCH3 is 1. The van der Waals surface area contributed by atoms with E-state index in [0.717, 1.165) is 21.5 Å². The van der Waals surface area contributed by atoms with Gasteiger partial charge in [0.1, 0.15) is 11.5 Å². The van der Waals surface area contributed by atoms with Crippen LogP contribution >= 0.6 is 15.9 Å². The SMILES string of the molecule is COc1ccc(Oc2cc(CN)cc(C(C)C)n2)c(Br)c1. The lowest BCUT2D eigenvalue weighted by atomic mass is 10.1. The molecular weight excluding hydrogens is 332 g/mol. The molecule has 0 radical (unpaired) electrons. The molecule has 0 aliphatic rings. The van der Waals surface area contributed by atoms with E-state index in [1.54, 1.807) is 7.11 Å². The first-order valence-corrected chi connectivity index (χ1v) is 7.55. The van der Waals surface area contributed by atoms with Gasteiger partial charge in [-0.25, -0.2) is 4.98 Å². The van der Waals surface area contributed by atoms with Crippen LogP contribution in [0.2, 0.25) is 0 Å². The van der Waals surface area contributed by atoms with Crippen LogP contribution in [0.5, 0.6) is 17.4 Å². The second-order valence-electron chi connectivity index (χ2n) is 5.00. The first-order valence-electron chi connectivity index (χ1n) is 6.75. The summed E-state index contributed by atoms with van der Waals surface area (Å²) in [6.45, 7) is 4.65. The lowest BCUT2D eigenvalue weighted by molar-refractivity contribution is 0.411. The Morgan fingerprint density at radius 3 is 2.57 bits per heavy atom. The number of hydrogen-bond acceptors (Lipinski definition) is 4. The minimum absolute atomic E-state index is 0.318. The summed E-state index contributed by atoms with van der Waals surface area (Å²) in [4.78, 5) is 4.53. The topological polar surface area (TPSA) is 57.4 Å². The summed E-state index contributed by atoms with van der Waals surface area (Å²) < 4.78 is 11.9. The normalized spacial score (nSPS) is 10.8. The highest BCUT2D eigenvalue weighted by Crippen LogP contribution is 2.32. The van der Waals surface area contributed by atoms with Gasteiger partial charge in [0, 0.05) is 18.3 Å². The van der Waals surface area contributed by atoms with Gasteiger partial charge >= 0.3 is 0 Å². The second-order valence-corrected chi connectivity index (χ2v) is 5.85. The van der Waals surface area contributed by atoms with Crippen molar-refractivity contribution in [2.45, 2.75) is 26.3 Å². The van der Waals surface area contributed by atoms with Crippen LogP contribution in [0, 0.1) is 0 Å². The zero-order chi connectivity index (χ0) is 15.4. The summed E-state index contributed by atoms with van der Waals surface area (Å²) >= 11 is 3.47. The molecule has 0 aliphatic carbocycles. The van der Waals surface area contributed by atoms with Crippen LogP contribution in [0.3, 0.4) is 0 Å². The smallest absolute Gasteiger partial charge is 0.219 e. The first-order chi connectivity index (χ1) is 10.0. The maximum atomic E-state index is 5.87. The zero-order valence-electron chi connectivity index (χ0n) is 12.4. The van der Waals surface area contributed by atoms with E-state index in [4.69, 9.17) is 15.2 Å². The Morgan fingerprint density at radius 1 is 1.24 bits per heavy atom. The predicted octanol–water partition coefficient (Wildman–Crippen LogP) is 4.23. The van der Waals surface area contributed by atoms with Crippen LogP contribution in [-0.2, 0) is 6.54 Å². The highest BCUT2D eigenvalue weighted by Gasteiger charge is 2.09. The minimum atomic E-state index is 0.318. The summed E-state index contributed by atoms with van der Waals surface area (Å²) in [6, 6.07) is 9.42. The van der Waals surface area contributed by atoms with Gasteiger partial charge in [0.05, 0.1) is 11.6 Å². The quantitative estimate of drug-likeness (QED) is 0.876. The fraction of sp³-hybridized carbons (Fsp3) is 0.312. The monoisotopic (exact) mass is 350 g/mol. The number of rotatable bonds is 5. The van der Waals surface area contributed by atoms with Crippen molar-refractivity contribution in [3.63, 3.8) is 0 Å². The molecule has 1 aromatic carbocycles. The minimum Gasteiger partial charge on any atom is -0.497 e. The Hall–Kier alpha value is -1.59. The molecule has 0 unspecified atom stereocenters. The standard InChI is InChI=1S/C16H19BrN2O2/c1-10(2)14-6-11(9-18)7-16(19-14)21-15-5-4-12(20-3)8-13(15)17/h4-8,10H,9,18H2,1-3H3. The molecule has 2 rings (SSSR count). The Labute approximate surface area is 133 Å². The number of benzene rings is 1. The van der Waals surface area contributed by atoms with Gasteiger partial charge in [-0.05, 0) is 51.7 Å². The third-order valence-electron chi connectivity index (χ3n) is 3.06. The van der Waals surface area contributed by atoms with Gasteiger partial charge < -0.3 is 15.2 Å². The molecular formula is C16H19BrN2O2. The number of hydrogen-bond donors (Lipinski definition) is 1. The van der Waals surface area contributed by atoms with Crippen LogP contribution < -0.4 is 15.2 Å². The van der Waals surface area contributed by atoms with E-state index >= 15 is 0 Å². The Morgan fingerprint density at radius 2 is 2.00 bits per heavy atom. The molecule has 4 nitrogen and oxygen atoms in total. The van der Waals surface area contributed by atoms with Gasteiger partial charge in [-0.3, -0.25) is 0 Å².